The number of esters is 1. The Hall–Kier alpha value is -1.41. The third-order valence-electron chi connectivity index (χ3n) is 2.64. The van der Waals surface area contributed by atoms with Gasteiger partial charge in [-0.3, -0.25) is 9.69 Å². The fraction of sp³-hybridized carbons (Fsp3) is 0.364. The van der Waals surface area contributed by atoms with E-state index in [9.17, 15) is 19.5 Å². The highest BCUT2D eigenvalue weighted by Crippen LogP contribution is 2.43. The van der Waals surface area contributed by atoms with Crippen molar-refractivity contribution in [3.63, 3.8) is 0 Å². The fourth-order valence-corrected chi connectivity index (χ4v) is 3.95. The van der Waals surface area contributed by atoms with Crippen LogP contribution in [0.2, 0.25) is 0 Å². The SMILES string of the molecule is COC(=O)/C=C\SC1=C(C(=O)O)N2C(=O)C[C@H]2SC1. The molecule has 102 valence electrons. The van der Waals surface area contributed by atoms with Crippen LogP contribution in [0.4, 0.5) is 0 Å². The van der Waals surface area contributed by atoms with Gasteiger partial charge in [-0.2, -0.15) is 0 Å². The first-order chi connectivity index (χ1) is 9.04. The molecule has 19 heavy (non-hydrogen) atoms. The van der Waals surface area contributed by atoms with Crippen LogP contribution in [0.1, 0.15) is 6.42 Å². The lowest BCUT2D eigenvalue weighted by atomic mass is 10.1. The molecule has 2 aliphatic rings. The first-order valence-electron chi connectivity index (χ1n) is 5.36. The van der Waals surface area contributed by atoms with Crippen molar-refractivity contribution in [2.45, 2.75) is 11.8 Å². The molecule has 0 unspecified atom stereocenters. The number of rotatable bonds is 4. The van der Waals surface area contributed by atoms with Crippen molar-refractivity contribution < 1.29 is 24.2 Å². The molecule has 6 nitrogen and oxygen atoms in total. The van der Waals surface area contributed by atoms with Crippen molar-refractivity contribution in [3.8, 4) is 0 Å². The lowest BCUT2D eigenvalue weighted by molar-refractivity contribution is -0.146. The van der Waals surface area contributed by atoms with Gasteiger partial charge in [-0.1, -0.05) is 11.8 Å². The monoisotopic (exact) mass is 301 g/mol. The van der Waals surface area contributed by atoms with Gasteiger partial charge < -0.3 is 9.84 Å². The molecule has 0 aliphatic carbocycles. The number of amides is 1. The molecule has 1 fully saturated rings. The van der Waals surface area contributed by atoms with Crippen LogP contribution in [-0.2, 0) is 19.1 Å². The van der Waals surface area contributed by atoms with Crippen LogP contribution < -0.4 is 0 Å². The maximum absolute atomic E-state index is 11.5. The minimum absolute atomic E-state index is 0.0273. The Morgan fingerprint density at radius 2 is 2.32 bits per heavy atom. The number of fused-ring (bicyclic) bond motifs is 1. The van der Waals surface area contributed by atoms with E-state index in [2.05, 4.69) is 4.74 Å². The van der Waals surface area contributed by atoms with E-state index in [4.69, 9.17) is 0 Å². The summed E-state index contributed by atoms with van der Waals surface area (Å²) in [5.74, 6) is -1.28. The number of carboxylic acids is 1. The van der Waals surface area contributed by atoms with E-state index in [1.54, 1.807) is 0 Å². The van der Waals surface area contributed by atoms with Crippen LogP contribution >= 0.6 is 23.5 Å². The molecule has 0 aromatic rings. The topological polar surface area (TPSA) is 83.9 Å². The third-order valence-corrected chi connectivity index (χ3v) is 4.93. The number of carbonyl (C=O) groups excluding carboxylic acids is 2. The number of thioether (sulfide) groups is 2. The number of hydrogen-bond donors (Lipinski definition) is 1. The molecule has 0 aromatic carbocycles. The van der Waals surface area contributed by atoms with Crippen molar-refractivity contribution in [3.05, 3.63) is 22.1 Å². The summed E-state index contributed by atoms with van der Waals surface area (Å²) in [4.78, 5) is 35.5. The van der Waals surface area contributed by atoms with E-state index in [0.717, 1.165) is 11.8 Å². The summed E-state index contributed by atoms with van der Waals surface area (Å²) in [6, 6.07) is 0. The Morgan fingerprint density at radius 1 is 1.58 bits per heavy atom. The van der Waals surface area contributed by atoms with Crippen LogP contribution in [0.3, 0.4) is 0 Å². The summed E-state index contributed by atoms with van der Waals surface area (Å²) < 4.78 is 4.44. The van der Waals surface area contributed by atoms with Crippen molar-refractivity contribution in [1.29, 1.82) is 0 Å². The summed E-state index contributed by atoms with van der Waals surface area (Å²) in [5, 5.41) is 10.6. The molecule has 0 radical (unpaired) electrons. The molecule has 1 amide bonds. The number of methoxy groups -OCH3 is 1. The zero-order valence-corrected chi connectivity index (χ0v) is 11.6. The first kappa shape index (κ1) is 14.0. The highest BCUT2D eigenvalue weighted by atomic mass is 32.2. The van der Waals surface area contributed by atoms with E-state index in [-0.39, 0.29) is 17.0 Å². The first-order valence-corrected chi connectivity index (χ1v) is 7.28. The van der Waals surface area contributed by atoms with Gasteiger partial charge in [-0.25, -0.2) is 9.59 Å². The molecule has 1 atom stereocenters. The molecule has 8 heteroatoms. The van der Waals surface area contributed by atoms with Gasteiger partial charge in [0.2, 0.25) is 5.91 Å². The van der Waals surface area contributed by atoms with Gasteiger partial charge in [0.05, 0.1) is 18.9 Å². The van der Waals surface area contributed by atoms with Crippen molar-refractivity contribution in [1.82, 2.24) is 4.90 Å². The Kier molecular flexibility index (Phi) is 4.20. The molecule has 1 saturated heterocycles. The van der Waals surface area contributed by atoms with Crippen molar-refractivity contribution >= 4 is 41.4 Å². The normalized spacial score (nSPS) is 22.3. The second-order valence-electron chi connectivity index (χ2n) is 3.75. The molecule has 2 aliphatic heterocycles. The summed E-state index contributed by atoms with van der Waals surface area (Å²) >= 11 is 2.65. The zero-order chi connectivity index (χ0) is 14.0. The average Bonchev–Trinajstić information content (AvgIpc) is 2.37. The standard InChI is InChI=1S/C11H11NO5S2/c1-17-9(14)2-3-18-6-5-19-8-4-7(13)12(8)10(6)11(15)16/h2-3,8H,4-5H2,1H3,(H,15,16)/b3-2-/t8-/m1/s1. The van der Waals surface area contributed by atoms with E-state index in [1.165, 1.54) is 35.3 Å². The second kappa shape index (κ2) is 5.70. The smallest absolute Gasteiger partial charge is 0.353 e. The highest BCUT2D eigenvalue weighted by molar-refractivity contribution is 8.08. The van der Waals surface area contributed by atoms with E-state index in [0.29, 0.717) is 17.1 Å². The number of nitrogens with zero attached hydrogens (tertiary/aromatic N) is 1. The molecule has 2 heterocycles. The fourth-order valence-electron chi connectivity index (χ4n) is 1.72. The number of carboxylic acid groups (broad SMARTS) is 1. The summed E-state index contributed by atoms with van der Waals surface area (Å²) in [6.07, 6.45) is 1.60. The summed E-state index contributed by atoms with van der Waals surface area (Å²) in [7, 11) is 1.26. The third kappa shape index (κ3) is 2.79. The van der Waals surface area contributed by atoms with Gasteiger partial charge in [0.25, 0.3) is 0 Å². The zero-order valence-electron chi connectivity index (χ0n) is 9.99. The van der Waals surface area contributed by atoms with Gasteiger partial charge in [-0.05, 0) is 5.41 Å². The number of β-lactam (4-membered cyclic amide) rings is 1. The van der Waals surface area contributed by atoms with Crippen molar-refractivity contribution in [2.75, 3.05) is 12.9 Å². The van der Waals surface area contributed by atoms with Crippen LogP contribution in [0.5, 0.6) is 0 Å². The van der Waals surface area contributed by atoms with Crippen LogP contribution in [-0.4, -0.2) is 46.1 Å². The summed E-state index contributed by atoms with van der Waals surface area (Å²) in [6.45, 7) is 0. The molecule has 0 bridgehead atoms. The number of aliphatic carboxylic acids is 1. The molecule has 0 aromatic heterocycles. The van der Waals surface area contributed by atoms with E-state index >= 15 is 0 Å². The van der Waals surface area contributed by atoms with Crippen LogP contribution in [0, 0.1) is 0 Å². The maximum atomic E-state index is 11.5. The van der Waals surface area contributed by atoms with Crippen LogP contribution in [0.15, 0.2) is 22.1 Å². The van der Waals surface area contributed by atoms with Crippen LogP contribution in [0.25, 0.3) is 0 Å². The van der Waals surface area contributed by atoms with E-state index < -0.39 is 11.9 Å². The molecule has 0 spiro atoms. The molecular formula is C11H11NO5S2. The Balaban J connectivity index is 2.17. The molecule has 0 saturated carbocycles. The number of ether oxygens (including phenoxy) is 1. The van der Waals surface area contributed by atoms with Gasteiger partial charge in [0.15, 0.2) is 0 Å². The second-order valence-corrected chi connectivity index (χ2v) is 5.92. The lowest BCUT2D eigenvalue weighted by Crippen LogP contribution is -2.53. The lowest BCUT2D eigenvalue weighted by Gasteiger charge is -2.43. The van der Waals surface area contributed by atoms with Gasteiger partial charge in [0, 0.05) is 16.7 Å². The van der Waals surface area contributed by atoms with E-state index in [1.807, 2.05) is 0 Å². The Morgan fingerprint density at radius 3 is 2.89 bits per heavy atom. The summed E-state index contributed by atoms with van der Waals surface area (Å²) in [5.41, 5.74) is 0.0273. The largest absolute Gasteiger partial charge is 0.477 e. The Bertz CT molecular complexity index is 499. The Labute approximate surface area is 117 Å². The van der Waals surface area contributed by atoms with Gasteiger partial charge in [0.1, 0.15) is 5.70 Å². The van der Waals surface area contributed by atoms with Crippen molar-refractivity contribution in [2.24, 2.45) is 0 Å². The highest BCUT2D eigenvalue weighted by Gasteiger charge is 2.45. The molecular weight excluding hydrogens is 290 g/mol. The molecule has 1 N–H and O–H groups in total. The number of carbonyl (C=O) groups is 3. The average molecular weight is 301 g/mol. The molecule has 2 rings (SSSR count). The minimum atomic E-state index is -1.12. The van der Waals surface area contributed by atoms with Gasteiger partial charge >= 0.3 is 11.9 Å². The number of hydrogen-bond acceptors (Lipinski definition) is 6. The van der Waals surface area contributed by atoms with Gasteiger partial charge in [-0.15, -0.1) is 11.8 Å². The maximum Gasteiger partial charge on any atom is 0.353 e. The quantitative estimate of drug-likeness (QED) is 0.471. The predicted molar refractivity (Wildman–Crippen MR) is 71.1 cm³/mol. The predicted octanol–water partition coefficient (Wildman–Crippen LogP) is 1.01. The minimum Gasteiger partial charge on any atom is -0.477 e.